The smallest absolute Gasteiger partial charge is 0.0576 e. The van der Waals surface area contributed by atoms with Gasteiger partial charge in [-0.05, 0) is 69.2 Å². The minimum absolute atomic E-state index is 0.589. The Hall–Kier alpha value is -0.0800. The zero-order valence-electron chi connectivity index (χ0n) is 11.9. The normalized spacial score (nSPS) is 39.8. The summed E-state index contributed by atoms with van der Waals surface area (Å²) in [5, 5.41) is 3.76. The van der Waals surface area contributed by atoms with E-state index in [1.807, 2.05) is 0 Å². The van der Waals surface area contributed by atoms with Crippen LogP contribution < -0.4 is 5.32 Å². The van der Waals surface area contributed by atoms with Gasteiger partial charge in [0.15, 0.2) is 0 Å². The summed E-state index contributed by atoms with van der Waals surface area (Å²) in [7, 11) is 0. The standard InChI is InChI=1S/C16H29NO/c1-2-17-15(16-13-8-4-9-14(13)16)10-3-6-12-7-5-11-18-12/h12-17H,2-11H2,1H3. The van der Waals surface area contributed by atoms with E-state index in [9.17, 15) is 0 Å². The van der Waals surface area contributed by atoms with Crippen LogP contribution in [0.4, 0.5) is 0 Å². The van der Waals surface area contributed by atoms with E-state index in [4.69, 9.17) is 4.74 Å². The first kappa shape index (κ1) is 12.9. The van der Waals surface area contributed by atoms with Crippen molar-refractivity contribution in [3.63, 3.8) is 0 Å². The molecule has 18 heavy (non-hydrogen) atoms. The summed E-state index contributed by atoms with van der Waals surface area (Å²) in [6.45, 7) is 4.40. The van der Waals surface area contributed by atoms with Gasteiger partial charge in [-0.15, -0.1) is 0 Å². The third-order valence-electron chi connectivity index (χ3n) is 5.47. The highest BCUT2D eigenvalue weighted by Crippen LogP contribution is 2.59. The van der Waals surface area contributed by atoms with Crippen molar-refractivity contribution in [2.75, 3.05) is 13.2 Å². The molecule has 3 fully saturated rings. The Balaban J connectivity index is 1.40. The van der Waals surface area contributed by atoms with Gasteiger partial charge in [0.2, 0.25) is 0 Å². The van der Waals surface area contributed by atoms with Crippen molar-refractivity contribution in [1.29, 1.82) is 0 Å². The van der Waals surface area contributed by atoms with Crippen molar-refractivity contribution in [2.24, 2.45) is 17.8 Å². The molecule has 2 saturated carbocycles. The summed E-state index contributed by atoms with van der Waals surface area (Å²) in [4.78, 5) is 0. The topological polar surface area (TPSA) is 21.3 Å². The first-order chi connectivity index (χ1) is 8.90. The zero-order valence-corrected chi connectivity index (χ0v) is 11.9. The molecule has 104 valence electrons. The first-order valence-corrected chi connectivity index (χ1v) is 8.25. The van der Waals surface area contributed by atoms with Crippen molar-refractivity contribution in [2.45, 2.75) is 70.4 Å². The van der Waals surface area contributed by atoms with Gasteiger partial charge in [0, 0.05) is 12.6 Å². The number of rotatable bonds is 7. The van der Waals surface area contributed by atoms with Crippen LogP contribution in [-0.2, 0) is 4.74 Å². The summed E-state index contributed by atoms with van der Waals surface area (Å²) in [6, 6.07) is 0.812. The summed E-state index contributed by atoms with van der Waals surface area (Å²) in [5.74, 6) is 3.22. The van der Waals surface area contributed by atoms with E-state index in [2.05, 4.69) is 12.2 Å². The van der Waals surface area contributed by atoms with Crippen molar-refractivity contribution in [1.82, 2.24) is 5.32 Å². The van der Waals surface area contributed by atoms with Gasteiger partial charge in [0.05, 0.1) is 6.10 Å². The number of fused-ring (bicyclic) bond motifs is 1. The first-order valence-electron chi connectivity index (χ1n) is 8.25. The SMILES string of the molecule is CCNC(CCCC1CCCO1)C1C2CCCC21. The molecular formula is C16H29NO. The van der Waals surface area contributed by atoms with Crippen LogP contribution in [0.5, 0.6) is 0 Å². The Morgan fingerprint density at radius 2 is 2.00 bits per heavy atom. The molecule has 0 radical (unpaired) electrons. The second kappa shape index (κ2) is 5.92. The van der Waals surface area contributed by atoms with Gasteiger partial charge in [-0.2, -0.15) is 0 Å². The lowest BCUT2D eigenvalue weighted by atomic mass is 9.97. The fourth-order valence-electron chi connectivity index (χ4n) is 4.60. The van der Waals surface area contributed by atoms with E-state index < -0.39 is 0 Å². The van der Waals surface area contributed by atoms with Crippen LogP contribution in [0.1, 0.15) is 58.3 Å². The van der Waals surface area contributed by atoms with Gasteiger partial charge in [-0.1, -0.05) is 13.3 Å². The molecule has 0 aromatic carbocycles. The molecule has 4 unspecified atom stereocenters. The van der Waals surface area contributed by atoms with Crippen LogP contribution in [-0.4, -0.2) is 25.3 Å². The summed E-state index contributed by atoms with van der Waals surface area (Å²) in [5.41, 5.74) is 0. The molecule has 1 aliphatic heterocycles. The molecule has 0 aromatic rings. The maximum absolute atomic E-state index is 5.73. The lowest BCUT2D eigenvalue weighted by Gasteiger charge is -2.20. The maximum Gasteiger partial charge on any atom is 0.0576 e. The summed E-state index contributed by atoms with van der Waals surface area (Å²) < 4.78 is 5.73. The molecule has 2 aliphatic carbocycles. The molecule has 3 rings (SSSR count). The molecule has 0 spiro atoms. The average molecular weight is 251 g/mol. The van der Waals surface area contributed by atoms with E-state index in [0.717, 1.165) is 36.9 Å². The zero-order chi connectivity index (χ0) is 12.4. The number of hydrogen-bond donors (Lipinski definition) is 1. The van der Waals surface area contributed by atoms with Crippen molar-refractivity contribution < 1.29 is 4.74 Å². The van der Waals surface area contributed by atoms with E-state index in [1.54, 1.807) is 0 Å². The van der Waals surface area contributed by atoms with Crippen LogP contribution in [0.25, 0.3) is 0 Å². The largest absolute Gasteiger partial charge is 0.378 e. The quantitative estimate of drug-likeness (QED) is 0.749. The van der Waals surface area contributed by atoms with E-state index >= 15 is 0 Å². The van der Waals surface area contributed by atoms with Gasteiger partial charge >= 0.3 is 0 Å². The van der Waals surface area contributed by atoms with Gasteiger partial charge in [0.1, 0.15) is 0 Å². The number of hydrogen-bond acceptors (Lipinski definition) is 2. The summed E-state index contributed by atoms with van der Waals surface area (Å²) >= 11 is 0. The summed E-state index contributed by atoms with van der Waals surface area (Å²) in [6.07, 6.45) is 11.8. The molecule has 2 nitrogen and oxygen atoms in total. The second-order valence-corrected chi connectivity index (χ2v) is 6.57. The van der Waals surface area contributed by atoms with Gasteiger partial charge in [-0.25, -0.2) is 0 Å². The Morgan fingerprint density at radius 1 is 1.17 bits per heavy atom. The van der Waals surface area contributed by atoms with Gasteiger partial charge in [-0.3, -0.25) is 0 Å². The lowest BCUT2D eigenvalue weighted by Crippen LogP contribution is -2.32. The third kappa shape index (κ3) is 2.75. The molecule has 1 saturated heterocycles. The second-order valence-electron chi connectivity index (χ2n) is 6.57. The molecule has 1 N–H and O–H groups in total. The molecule has 2 heteroatoms. The molecule has 0 aromatic heterocycles. The number of nitrogens with one attached hydrogen (secondary N) is 1. The van der Waals surface area contributed by atoms with Gasteiger partial charge < -0.3 is 10.1 Å². The van der Waals surface area contributed by atoms with Gasteiger partial charge in [0.25, 0.3) is 0 Å². The molecule has 1 heterocycles. The van der Waals surface area contributed by atoms with E-state index in [1.165, 1.54) is 51.4 Å². The lowest BCUT2D eigenvalue weighted by molar-refractivity contribution is 0.101. The minimum Gasteiger partial charge on any atom is -0.378 e. The average Bonchev–Trinajstić information content (AvgIpc) is 2.80. The van der Waals surface area contributed by atoms with E-state index in [0.29, 0.717) is 6.10 Å². The predicted octanol–water partition coefficient (Wildman–Crippen LogP) is 3.36. The Bertz CT molecular complexity index is 252. The maximum atomic E-state index is 5.73. The van der Waals surface area contributed by atoms with Crippen LogP contribution in [0.2, 0.25) is 0 Å². The number of ether oxygens (including phenoxy) is 1. The monoisotopic (exact) mass is 251 g/mol. The molecule has 4 atom stereocenters. The Morgan fingerprint density at radius 3 is 2.67 bits per heavy atom. The highest BCUT2D eigenvalue weighted by Gasteiger charge is 2.55. The van der Waals surface area contributed by atoms with E-state index in [-0.39, 0.29) is 0 Å². The minimum atomic E-state index is 0.589. The third-order valence-corrected chi connectivity index (χ3v) is 5.47. The van der Waals surface area contributed by atoms with Crippen molar-refractivity contribution in [3.8, 4) is 0 Å². The predicted molar refractivity (Wildman–Crippen MR) is 74.6 cm³/mol. The van der Waals surface area contributed by atoms with Crippen LogP contribution in [0, 0.1) is 17.8 Å². The van der Waals surface area contributed by atoms with Crippen LogP contribution in [0.3, 0.4) is 0 Å². The highest BCUT2D eigenvalue weighted by atomic mass is 16.5. The molecule has 0 amide bonds. The fraction of sp³-hybridized carbons (Fsp3) is 1.00. The van der Waals surface area contributed by atoms with Crippen LogP contribution >= 0.6 is 0 Å². The molecular weight excluding hydrogens is 222 g/mol. The van der Waals surface area contributed by atoms with Crippen molar-refractivity contribution in [3.05, 3.63) is 0 Å². The van der Waals surface area contributed by atoms with Crippen LogP contribution in [0.15, 0.2) is 0 Å². The Kier molecular flexibility index (Phi) is 4.25. The van der Waals surface area contributed by atoms with Crippen molar-refractivity contribution >= 4 is 0 Å². The highest BCUT2D eigenvalue weighted by molar-refractivity contribution is 5.06. The fourth-order valence-corrected chi connectivity index (χ4v) is 4.60. The Labute approximate surface area is 112 Å². The molecule has 3 aliphatic rings. The molecule has 0 bridgehead atoms.